The van der Waals surface area contributed by atoms with Gasteiger partial charge in [0.15, 0.2) is 0 Å². The molecular weight excluding hydrogens is 415 g/mol. The molecule has 1 aliphatic rings. The van der Waals surface area contributed by atoms with E-state index in [9.17, 15) is 0 Å². The molecule has 1 aromatic heterocycles. The zero-order valence-corrected chi connectivity index (χ0v) is 18.9. The summed E-state index contributed by atoms with van der Waals surface area (Å²) in [7, 11) is 0. The van der Waals surface area contributed by atoms with E-state index in [4.69, 9.17) is 28.3 Å². The average Bonchev–Trinajstić information content (AvgIpc) is 3.06. The predicted octanol–water partition coefficient (Wildman–Crippen LogP) is 6.42. The Balaban J connectivity index is 1.80. The number of hydrazine groups is 1. The van der Waals surface area contributed by atoms with Crippen molar-refractivity contribution in [3.8, 4) is 16.9 Å². The fourth-order valence-corrected chi connectivity index (χ4v) is 4.38. The molecule has 0 unspecified atom stereocenters. The van der Waals surface area contributed by atoms with Gasteiger partial charge >= 0.3 is 0 Å². The van der Waals surface area contributed by atoms with Crippen LogP contribution >= 0.6 is 23.2 Å². The summed E-state index contributed by atoms with van der Waals surface area (Å²) in [5.74, 6) is 0. The molecule has 1 fully saturated rings. The topological polar surface area (TPSA) is 33.1 Å². The number of nitrogens with one attached hydrogen (secondary N) is 1. The van der Waals surface area contributed by atoms with Gasteiger partial charge in [0.05, 0.1) is 22.1 Å². The highest BCUT2D eigenvalue weighted by Crippen LogP contribution is 2.34. The van der Waals surface area contributed by atoms with Crippen molar-refractivity contribution in [3.63, 3.8) is 0 Å². The largest absolute Gasteiger partial charge is 0.317 e. The Morgan fingerprint density at radius 1 is 1.00 bits per heavy atom. The van der Waals surface area contributed by atoms with Crippen LogP contribution in [-0.4, -0.2) is 27.9 Å². The quantitative estimate of drug-likeness (QED) is 0.496. The number of hydrogen-bond acceptors (Lipinski definition) is 3. The summed E-state index contributed by atoms with van der Waals surface area (Å²) in [6, 6.07) is 13.8. The van der Waals surface area contributed by atoms with Crippen molar-refractivity contribution in [1.82, 2.24) is 20.2 Å². The van der Waals surface area contributed by atoms with Crippen molar-refractivity contribution in [2.45, 2.75) is 33.1 Å². The average molecular weight is 441 g/mol. The Morgan fingerprint density at radius 2 is 1.70 bits per heavy atom. The number of hydrogen-bond donors (Lipinski definition) is 1. The molecule has 0 aliphatic carbocycles. The molecule has 4 rings (SSSR count). The monoisotopic (exact) mass is 440 g/mol. The summed E-state index contributed by atoms with van der Waals surface area (Å²) >= 11 is 12.7. The molecule has 3 aromatic rings. The van der Waals surface area contributed by atoms with Gasteiger partial charge in [-0.05, 0) is 56.5 Å². The minimum atomic E-state index is 0.661. The van der Waals surface area contributed by atoms with E-state index >= 15 is 0 Å². The molecule has 4 nitrogen and oxygen atoms in total. The molecule has 1 N–H and O–H groups in total. The second kappa shape index (κ2) is 8.84. The van der Waals surface area contributed by atoms with Crippen LogP contribution < -0.4 is 5.43 Å². The van der Waals surface area contributed by atoms with E-state index in [1.165, 1.54) is 19.3 Å². The minimum absolute atomic E-state index is 0.661. The van der Waals surface area contributed by atoms with Gasteiger partial charge in [-0.1, -0.05) is 54.4 Å². The van der Waals surface area contributed by atoms with Gasteiger partial charge in [0.1, 0.15) is 5.69 Å². The van der Waals surface area contributed by atoms with E-state index < -0.39 is 0 Å². The molecule has 30 heavy (non-hydrogen) atoms. The van der Waals surface area contributed by atoms with Crippen LogP contribution in [0.5, 0.6) is 0 Å². The number of halogens is 2. The highest BCUT2D eigenvalue weighted by atomic mass is 35.5. The molecule has 0 atom stereocenters. The van der Waals surface area contributed by atoms with Crippen molar-refractivity contribution >= 4 is 28.9 Å². The van der Waals surface area contributed by atoms with Crippen LogP contribution in [-0.2, 0) is 0 Å². The Bertz CT molecular complexity index is 1060. The summed E-state index contributed by atoms with van der Waals surface area (Å²) in [5, 5.41) is 8.53. The molecule has 156 valence electrons. The van der Waals surface area contributed by atoms with E-state index in [-0.39, 0.29) is 0 Å². The lowest BCUT2D eigenvalue weighted by atomic mass is 10.1. The van der Waals surface area contributed by atoms with E-state index in [0.29, 0.717) is 10.0 Å². The number of nitrogens with zero attached hydrogens (tertiary/aromatic N) is 3. The van der Waals surface area contributed by atoms with Crippen LogP contribution in [0.3, 0.4) is 0 Å². The lowest BCUT2D eigenvalue weighted by Gasteiger charge is -2.28. The third-order valence-corrected chi connectivity index (χ3v) is 6.06. The summed E-state index contributed by atoms with van der Waals surface area (Å²) in [5.41, 5.74) is 10.1. The second-order valence-electron chi connectivity index (χ2n) is 7.83. The number of piperidine rings is 1. The van der Waals surface area contributed by atoms with Gasteiger partial charge in [-0.3, -0.25) is 0 Å². The Kier molecular flexibility index (Phi) is 6.19. The van der Waals surface area contributed by atoms with Crippen molar-refractivity contribution in [2.24, 2.45) is 0 Å². The lowest BCUT2D eigenvalue weighted by Crippen LogP contribution is -2.40. The molecule has 0 spiro atoms. The first-order valence-electron chi connectivity index (χ1n) is 10.3. The van der Waals surface area contributed by atoms with Crippen molar-refractivity contribution in [1.29, 1.82) is 0 Å². The molecular formula is C24H26Cl2N4. The lowest BCUT2D eigenvalue weighted by molar-refractivity contribution is 0.189. The van der Waals surface area contributed by atoms with Crippen LogP contribution in [0.4, 0.5) is 0 Å². The Hall–Kier alpha value is -2.27. The number of aromatic nitrogens is 2. The zero-order valence-electron chi connectivity index (χ0n) is 17.4. The fraction of sp³-hybridized carbons (Fsp3) is 0.292. The Morgan fingerprint density at radius 3 is 2.37 bits per heavy atom. The zero-order chi connectivity index (χ0) is 21.3. The smallest absolute Gasteiger partial charge is 0.113 e. The predicted molar refractivity (Wildman–Crippen MR) is 126 cm³/mol. The molecule has 0 saturated carbocycles. The molecule has 0 radical (unpaired) electrons. The molecule has 0 bridgehead atoms. The number of rotatable bonds is 5. The fourth-order valence-electron chi connectivity index (χ4n) is 3.94. The molecule has 1 saturated heterocycles. The minimum Gasteiger partial charge on any atom is -0.317 e. The maximum absolute atomic E-state index is 6.62. The van der Waals surface area contributed by atoms with E-state index in [1.807, 2.05) is 54.1 Å². The van der Waals surface area contributed by atoms with Crippen molar-refractivity contribution in [2.75, 3.05) is 13.1 Å². The maximum Gasteiger partial charge on any atom is 0.113 e. The first-order valence-corrected chi connectivity index (χ1v) is 11.0. The van der Waals surface area contributed by atoms with Gasteiger partial charge in [0.2, 0.25) is 0 Å². The van der Waals surface area contributed by atoms with Gasteiger partial charge in [-0.25, -0.2) is 9.69 Å². The first kappa shape index (κ1) is 21.0. The van der Waals surface area contributed by atoms with Gasteiger partial charge in [-0.2, -0.15) is 5.10 Å². The molecule has 6 heteroatoms. The van der Waals surface area contributed by atoms with E-state index in [2.05, 4.69) is 23.9 Å². The summed E-state index contributed by atoms with van der Waals surface area (Å²) in [6.45, 7) is 10.4. The van der Waals surface area contributed by atoms with Crippen molar-refractivity contribution < 1.29 is 0 Å². The maximum atomic E-state index is 6.62. The first-order chi connectivity index (χ1) is 14.4. The standard InChI is InChI=1S/C24H26Cl2N4/c1-16-7-12-22(21(26)15-16)30-24(19-8-10-20(25)11-9-19)17(2)23(28-30)18(3)27-29-13-5-4-6-14-29/h7-12,15,27H,3-6,13-14H2,1-2H3. The summed E-state index contributed by atoms with van der Waals surface area (Å²) in [4.78, 5) is 0. The number of benzene rings is 2. The molecule has 0 amide bonds. The van der Waals surface area contributed by atoms with E-state index in [1.54, 1.807) is 0 Å². The molecule has 2 aromatic carbocycles. The van der Waals surface area contributed by atoms with Crippen LogP contribution in [0.25, 0.3) is 22.6 Å². The summed E-state index contributed by atoms with van der Waals surface area (Å²) < 4.78 is 1.92. The highest BCUT2D eigenvalue weighted by Gasteiger charge is 2.22. The van der Waals surface area contributed by atoms with Gasteiger partial charge in [0, 0.05) is 29.2 Å². The molecule has 2 heterocycles. The van der Waals surface area contributed by atoms with Crippen LogP contribution in [0.2, 0.25) is 10.0 Å². The second-order valence-corrected chi connectivity index (χ2v) is 8.68. The SMILES string of the molecule is C=C(NN1CCCCC1)c1nn(-c2ccc(C)cc2Cl)c(-c2ccc(Cl)cc2)c1C. The van der Waals surface area contributed by atoms with Crippen LogP contribution in [0.15, 0.2) is 49.0 Å². The third kappa shape index (κ3) is 4.27. The van der Waals surface area contributed by atoms with Crippen molar-refractivity contribution in [3.05, 3.63) is 75.9 Å². The highest BCUT2D eigenvalue weighted by molar-refractivity contribution is 6.32. The normalized spacial score (nSPS) is 14.7. The summed E-state index contributed by atoms with van der Waals surface area (Å²) in [6.07, 6.45) is 3.68. The molecule has 1 aliphatic heterocycles. The van der Waals surface area contributed by atoms with Crippen LogP contribution in [0.1, 0.15) is 36.1 Å². The third-order valence-electron chi connectivity index (χ3n) is 5.51. The van der Waals surface area contributed by atoms with Gasteiger partial charge in [0.25, 0.3) is 0 Å². The van der Waals surface area contributed by atoms with Gasteiger partial charge < -0.3 is 5.43 Å². The number of aryl methyl sites for hydroxylation is 1. The van der Waals surface area contributed by atoms with E-state index in [0.717, 1.165) is 52.6 Å². The van der Waals surface area contributed by atoms with Gasteiger partial charge in [-0.15, -0.1) is 0 Å². The van der Waals surface area contributed by atoms with Crippen LogP contribution in [0, 0.1) is 13.8 Å². The Labute approximate surface area is 188 Å².